The van der Waals surface area contributed by atoms with Crippen LogP contribution in [0.2, 0.25) is 0 Å². The molecule has 12 N–H and O–H groups in total. The number of hydrogen-bond acceptors (Lipinski definition) is 12. The summed E-state index contributed by atoms with van der Waals surface area (Å²) in [5, 5.41) is 122. The van der Waals surface area contributed by atoms with E-state index in [1.165, 1.54) is 128 Å². The summed E-state index contributed by atoms with van der Waals surface area (Å²) in [5.41, 5.74) is 12.2. The molecule has 0 aromatic rings. The lowest BCUT2D eigenvalue weighted by Crippen LogP contribution is -2.37. The second kappa shape index (κ2) is 43.4. The summed E-state index contributed by atoms with van der Waals surface area (Å²) in [4.78, 5) is 0. The molecule has 0 aromatic carbocycles. The standard InChI is InChI=1S/4C28H46O3/c4*1-18(13-15-27(4,5)31)19(2)23-11-12-24-22(8-7-14-28(23,24)6)10-9-21-16-25(29)20(3)26(30)17-21/h4*9-10,18-19,23-26,29-31H,3,7-8,11-17H2,1-2,4-6H3/b4*22-10+/t18-,19+,23+,24?,25+,26+,28+;18-,19+,23-,24?,25-,26-,28-;18-,19-,23+,24?,25+,26+,28+;18-,19-,23-,24?,25-,26-,28-/m0101/s1. The summed E-state index contributed by atoms with van der Waals surface area (Å²) in [6, 6.07) is 0. The van der Waals surface area contributed by atoms with E-state index in [1.54, 1.807) is 22.3 Å². The maximum absolute atomic E-state index is 10.2. The molecule has 12 aliphatic rings. The van der Waals surface area contributed by atoms with E-state index in [0.29, 0.717) is 166 Å². The van der Waals surface area contributed by atoms with Crippen molar-refractivity contribution in [2.24, 2.45) is 116 Å². The molecule has 12 fully saturated rings. The van der Waals surface area contributed by atoms with Crippen LogP contribution in [-0.4, -0.2) is 133 Å². The lowest BCUT2D eigenvalue weighted by Gasteiger charge is -2.45. The van der Waals surface area contributed by atoms with Gasteiger partial charge in [0.1, 0.15) is 0 Å². The van der Waals surface area contributed by atoms with E-state index >= 15 is 0 Å². The largest absolute Gasteiger partial charge is 0.390 e. The molecule has 4 unspecified atom stereocenters. The molecule has 12 saturated carbocycles. The van der Waals surface area contributed by atoms with Crippen molar-refractivity contribution in [1.82, 2.24) is 0 Å². The molecule has 12 nitrogen and oxygen atoms in total. The minimum atomic E-state index is -0.618. The van der Waals surface area contributed by atoms with Crippen LogP contribution in [-0.2, 0) is 0 Å². The van der Waals surface area contributed by atoms with E-state index in [2.05, 4.69) is 158 Å². The highest BCUT2D eigenvalue weighted by Crippen LogP contribution is 2.65. The Morgan fingerprint density at radius 2 is 0.444 bits per heavy atom. The molecule has 124 heavy (non-hydrogen) atoms. The van der Waals surface area contributed by atoms with Crippen LogP contribution in [0.4, 0.5) is 0 Å². The molecular weight excluding hydrogens is 1540 g/mol. The maximum Gasteiger partial charge on any atom is 0.0809 e. The van der Waals surface area contributed by atoms with Gasteiger partial charge in [-0.3, -0.25) is 0 Å². The molecule has 0 saturated heterocycles. The van der Waals surface area contributed by atoms with Gasteiger partial charge in [-0.05, 0) is 425 Å². The maximum atomic E-state index is 10.2. The van der Waals surface area contributed by atoms with Crippen molar-refractivity contribution in [2.45, 2.75) is 441 Å². The molecular formula is C112H184O12. The van der Waals surface area contributed by atoms with Gasteiger partial charge in [-0.1, -0.05) is 203 Å². The first-order valence-corrected chi connectivity index (χ1v) is 50.3. The first-order valence-electron chi connectivity index (χ1n) is 50.3. The van der Waals surface area contributed by atoms with Gasteiger partial charge in [0, 0.05) is 0 Å². The fraction of sp³-hybridized carbons (Fsp3) is 0.786. The molecule has 12 heteroatoms. The Bertz CT molecular complexity index is 3270. The number of aliphatic hydroxyl groups is 12. The summed E-state index contributed by atoms with van der Waals surface area (Å²) < 4.78 is 0. The zero-order valence-electron chi connectivity index (χ0n) is 82.1. The Hall–Kier alpha value is -3.60. The van der Waals surface area contributed by atoms with Crippen molar-refractivity contribution >= 4 is 0 Å². The normalized spacial score (nSPS) is 37.6. The zero-order valence-corrected chi connectivity index (χ0v) is 82.1. The Morgan fingerprint density at radius 1 is 0.282 bits per heavy atom. The van der Waals surface area contributed by atoms with Crippen LogP contribution in [0.3, 0.4) is 0 Å². The predicted octanol–water partition coefficient (Wildman–Crippen LogP) is 23.8. The zero-order chi connectivity index (χ0) is 91.9. The second-order valence-corrected chi connectivity index (χ2v) is 47.5. The SMILES string of the molecule is C=C1[C@H](O)CC(=C/C=C2\CCC[C@@]3(C)C2CC[C@@H]3[C@@H](C)[C@@H](C)CCC(C)(C)O)C[C@H]1O.C=C1[C@H](O)CC(=C/C=C2\CCC[C@@]3(C)C2CC[C@@H]3[C@@H](C)[C@H](C)CCC(C)(C)O)C[C@H]1O.C=C1[C@H](O)CC(=C/C=C2\CCC[C@@]3(C)C2CC[C@@H]3[C@H](C)[C@@H](C)CCC(C)(C)O)C[C@H]1O.C=C1[C@H](O)CC(=C/C=C2\CCC[C@@]3(C)C2CC[C@@H]3[C@H](C)[C@H](C)CCC(C)(C)O)C[C@H]1O. The second-order valence-electron chi connectivity index (χ2n) is 47.5. The van der Waals surface area contributed by atoms with E-state index in [4.69, 9.17) is 0 Å². The molecule has 0 spiro atoms. The van der Waals surface area contributed by atoms with Crippen LogP contribution in [0.15, 0.2) is 142 Å². The quantitative estimate of drug-likeness (QED) is 0.0404. The van der Waals surface area contributed by atoms with Gasteiger partial charge < -0.3 is 61.3 Å². The topological polar surface area (TPSA) is 243 Å². The van der Waals surface area contributed by atoms with Crippen molar-refractivity contribution in [3.05, 3.63) is 142 Å². The molecule has 0 heterocycles. The minimum absolute atomic E-state index is 0.366. The van der Waals surface area contributed by atoms with Crippen molar-refractivity contribution in [3.8, 4) is 0 Å². The first kappa shape index (κ1) is 104. The number of fused-ring (bicyclic) bond motifs is 4. The third-order valence-corrected chi connectivity index (χ3v) is 36.3. The van der Waals surface area contributed by atoms with Crippen LogP contribution in [0.5, 0.6) is 0 Å². The summed E-state index contributed by atoms with van der Waals surface area (Å²) in [6.45, 7) is 60.1. The van der Waals surface area contributed by atoms with Gasteiger partial charge in [0.05, 0.1) is 71.2 Å². The monoisotopic (exact) mass is 1720 g/mol. The Kier molecular flexibility index (Phi) is 36.4. The highest BCUT2D eigenvalue weighted by Gasteiger charge is 2.56. The molecule has 704 valence electrons. The van der Waals surface area contributed by atoms with Gasteiger partial charge in [0.15, 0.2) is 0 Å². The molecule has 0 aromatic heterocycles. The van der Waals surface area contributed by atoms with E-state index in [1.807, 2.05) is 55.4 Å². The average Bonchev–Trinajstić information content (AvgIpc) is 1.62. The predicted molar refractivity (Wildman–Crippen MR) is 514 cm³/mol. The van der Waals surface area contributed by atoms with Crippen molar-refractivity contribution in [3.63, 3.8) is 0 Å². The van der Waals surface area contributed by atoms with Gasteiger partial charge in [0.25, 0.3) is 0 Å². The Balaban J connectivity index is 0.000000187. The molecule has 0 radical (unpaired) electrons. The third kappa shape index (κ3) is 26.4. The molecule has 0 aliphatic heterocycles. The van der Waals surface area contributed by atoms with Crippen molar-refractivity contribution < 1.29 is 61.3 Å². The minimum Gasteiger partial charge on any atom is -0.390 e. The van der Waals surface area contributed by atoms with E-state index in [0.717, 1.165) is 97.3 Å². The van der Waals surface area contributed by atoms with Gasteiger partial charge in [-0.25, -0.2) is 0 Å². The van der Waals surface area contributed by atoms with Gasteiger partial charge in [-0.2, -0.15) is 0 Å². The Labute approximate surface area is 755 Å². The van der Waals surface area contributed by atoms with Gasteiger partial charge in [0.2, 0.25) is 0 Å². The third-order valence-electron chi connectivity index (χ3n) is 36.3. The first-order chi connectivity index (χ1) is 57.7. The lowest BCUT2D eigenvalue weighted by molar-refractivity contribution is 0.0442. The summed E-state index contributed by atoms with van der Waals surface area (Å²) in [6.07, 6.45) is 51.0. The molecule has 28 atom stereocenters. The van der Waals surface area contributed by atoms with Gasteiger partial charge in [-0.15, -0.1) is 0 Å². The van der Waals surface area contributed by atoms with Crippen molar-refractivity contribution in [2.75, 3.05) is 0 Å². The number of hydrogen-bond donors (Lipinski definition) is 12. The molecule has 0 amide bonds. The average molecular weight is 1720 g/mol. The molecule has 12 rings (SSSR count). The van der Waals surface area contributed by atoms with E-state index < -0.39 is 71.2 Å². The summed E-state index contributed by atoms with van der Waals surface area (Å²) in [7, 11) is 0. The number of rotatable bonds is 24. The lowest BCUT2D eigenvalue weighted by atomic mass is 9.59. The number of allylic oxidation sites excluding steroid dienone is 12. The van der Waals surface area contributed by atoms with Crippen LogP contribution in [0.25, 0.3) is 0 Å². The smallest absolute Gasteiger partial charge is 0.0809 e. The highest BCUT2D eigenvalue weighted by atomic mass is 16.3. The summed E-state index contributed by atoms with van der Waals surface area (Å²) >= 11 is 0. The highest BCUT2D eigenvalue weighted by molar-refractivity contribution is 5.35. The van der Waals surface area contributed by atoms with Crippen LogP contribution < -0.4 is 0 Å². The Morgan fingerprint density at radius 3 is 0.597 bits per heavy atom. The van der Waals surface area contributed by atoms with Crippen LogP contribution >= 0.6 is 0 Å². The van der Waals surface area contributed by atoms with E-state index in [9.17, 15) is 61.3 Å². The van der Waals surface area contributed by atoms with Crippen molar-refractivity contribution in [1.29, 1.82) is 0 Å². The fourth-order valence-electron chi connectivity index (χ4n) is 27.2. The fourth-order valence-corrected chi connectivity index (χ4v) is 27.2. The van der Waals surface area contributed by atoms with E-state index in [-0.39, 0.29) is 0 Å². The van der Waals surface area contributed by atoms with Crippen LogP contribution in [0.1, 0.15) is 370 Å². The molecule has 12 aliphatic carbocycles. The summed E-state index contributed by atoms with van der Waals surface area (Å²) in [5.74, 6) is 10.8. The van der Waals surface area contributed by atoms with Crippen LogP contribution in [0, 0.1) is 116 Å². The number of aliphatic hydroxyl groups excluding tert-OH is 8. The molecule has 0 bridgehead atoms. The van der Waals surface area contributed by atoms with Gasteiger partial charge >= 0.3 is 0 Å².